The van der Waals surface area contributed by atoms with Crippen LogP contribution in [0.4, 0.5) is 0 Å². The van der Waals surface area contributed by atoms with Gasteiger partial charge in [-0.1, -0.05) is 0 Å². The molecule has 106 valence electrons. The molecule has 0 unspecified atom stereocenters. The molecule has 2 aliphatic carbocycles. The summed E-state index contributed by atoms with van der Waals surface area (Å²) < 4.78 is 5.47. The Labute approximate surface area is 112 Å². The molecule has 1 aliphatic heterocycles. The summed E-state index contributed by atoms with van der Waals surface area (Å²) in [5.74, 6) is -1.18. The van der Waals surface area contributed by atoms with Crippen molar-refractivity contribution < 1.29 is 19.4 Å². The zero-order valence-corrected chi connectivity index (χ0v) is 11.0. The number of nitrogens with one attached hydrogen (secondary N) is 1. The normalized spacial score (nSPS) is 40.5. The van der Waals surface area contributed by atoms with Gasteiger partial charge < -0.3 is 15.2 Å². The molecule has 5 atom stereocenters. The fourth-order valence-electron chi connectivity index (χ4n) is 4.16. The van der Waals surface area contributed by atoms with Crippen LogP contribution in [0.2, 0.25) is 0 Å². The zero-order valence-electron chi connectivity index (χ0n) is 11.0. The maximum absolute atomic E-state index is 12.3. The molecule has 2 saturated carbocycles. The number of fused-ring (bicyclic) bond motifs is 2. The minimum Gasteiger partial charge on any atom is -0.481 e. The summed E-state index contributed by atoms with van der Waals surface area (Å²) in [7, 11) is 0. The number of hydrogen-bond acceptors (Lipinski definition) is 3. The van der Waals surface area contributed by atoms with E-state index in [0.717, 1.165) is 38.7 Å². The van der Waals surface area contributed by atoms with E-state index in [1.807, 2.05) is 0 Å². The van der Waals surface area contributed by atoms with Gasteiger partial charge in [0.15, 0.2) is 0 Å². The van der Waals surface area contributed by atoms with Crippen molar-refractivity contribution in [1.29, 1.82) is 0 Å². The summed E-state index contributed by atoms with van der Waals surface area (Å²) in [6.45, 7) is 1.30. The summed E-state index contributed by atoms with van der Waals surface area (Å²) in [5.41, 5.74) is 0. The SMILES string of the molecule is O=C(O)[C@@H]1[C@H]2CC[C@@H](C2)[C@H]1C(=O)NC[C@@H]1CCCO1. The second kappa shape index (κ2) is 5.12. The summed E-state index contributed by atoms with van der Waals surface area (Å²) in [6, 6.07) is 0. The minimum absolute atomic E-state index is 0.0740. The number of ether oxygens (including phenoxy) is 1. The van der Waals surface area contributed by atoms with Crippen molar-refractivity contribution in [1.82, 2.24) is 5.32 Å². The lowest BCUT2D eigenvalue weighted by atomic mass is 9.78. The fourth-order valence-corrected chi connectivity index (χ4v) is 4.16. The van der Waals surface area contributed by atoms with E-state index < -0.39 is 11.9 Å². The number of rotatable bonds is 4. The van der Waals surface area contributed by atoms with Gasteiger partial charge in [0.25, 0.3) is 0 Å². The van der Waals surface area contributed by atoms with Crippen LogP contribution >= 0.6 is 0 Å². The fraction of sp³-hybridized carbons (Fsp3) is 0.857. The van der Waals surface area contributed by atoms with E-state index in [1.54, 1.807) is 0 Å². The molecule has 3 rings (SSSR count). The first-order chi connectivity index (χ1) is 9.16. The summed E-state index contributed by atoms with van der Waals surface area (Å²) in [5, 5.41) is 12.2. The Morgan fingerprint density at radius 2 is 1.89 bits per heavy atom. The molecule has 1 amide bonds. The molecule has 0 aromatic rings. The molecule has 3 fully saturated rings. The van der Waals surface area contributed by atoms with Crippen LogP contribution in [0.1, 0.15) is 32.1 Å². The zero-order chi connectivity index (χ0) is 13.4. The number of aliphatic carboxylic acids is 1. The molecular formula is C14H21NO4. The first kappa shape index (κ1) is 12.9. The van der Waals surface area contributed by atoms with E-state index in [9.17, 15) is 14.7 Å². The number of carbonyl (C=O) groups excluding carboxylic acids is 1. The molecule has 0 radical (unpaired) electrons. The van der Waals surface area contributed by atoms with Crippen molar-refractivity contribution in [2.75, 3.05) is 13.2 Å². The number of carboxylic acids is 1. The molecule has 2 N–H and O–H groups in total. The summed E-state index contributed by atoms with van der Waals surface area (Å²) in [4.78, 5) is 23.6. The number of amides is 1. The lowest BCUT2D eigenvalue weighted by molar-refractivity contribution is -0.149. The van der Waals surface area contributed by atoms with Crippen molar-refractivity contribution in [3.8, 4) is 0 Å². The topological polar surface area (TPSA) is 75.6 Å². The monoisotopic (exact) mass is 267 g/mol. The first-order valence-corrected chi connectivity index (χ1v) is 7.29. The van der Waals surface area contributed by atoms with Crippen LogP contribution in [0.25, 0.3) is 0 Å². The van der Waals surface area contributed by atoms with Crippen LogP contribution in [0.3, 0.4) is 0 Å². The van der Waals surface area contributed by atoms with Gasteiger partial charge in [-0.2, -0.15) is 0 Å². The third kappa shape index (κ3) is 2.36. The van der Waals surface area contributed by atoms with Gasteiger partial charge in [0.1, 0.15) is 0 Å². The molecule has 5 heteroatoms. The smallest absolute Gasteiger partial charge is 0.307 e. The average molecular weight is 267 g/mol. The molecule has 1 saturated heterocycles. The highest BCUT2D eigenvalue weighted by molar-refractivity contribution is 5.86. The predicted octanol–water partition coefficient (Wildman–Crippen LogP) is 1.03. The Hall–Kier alpha value is -1.10. The Bertz CT molecular complexity index is 378. The molecular weight excluding hydrogens is 246 g/mol. The van der Waals surface area contributed by atoms with Crippen LogP contribution in [-0.2, 0) is 14.3 Å². The Balaban J connectivity index is 1.60. The largest absolute Gasteiger partial charge is 0.481 e. The third-order valence-electron chi connectivity index (χ3n) is 5.03. The Kier molecular flexibility index (Phi) is 3.48. The number of carboxylic acid groups (broad SMARTS) is 1. The highest BCUT2D eigenvalue weighted by Gasteiger charge is 2.53. The van der Waals surface area contributed by atoms with Crippen LogP contribution in [0.15, 0.2) is 0 Å². The molecule has 5 nitrogen and oxygen atoms in total. The van der Waals surface area contributed by atoms with Gasteiger partial charge in [0.05, 0.1) is 17.9 Å². The van der Waals surface area contributed by atoms with Gasteiger partial charge in [-0.25, -0.2) is 0 Å². The van der Waals surface area contributed by atoms with E-state index >= 15 is 0 Å². The first-order valence-electron chi connectivity index (χ1n) is 7.29. The molecule has 1 heterocycles. The van der Waals surface area contributed by atoms with Crippen LogP contribution in [0.5, 0.6) is 0 Å². The molecule has 0 aromatic heterocycles. The quantitative estimate of drug-likeness (QED) is 0.797. The Morgan fingerprint density at radius 1 is 1.16 bits per heavy atom. The highest BCUT2D eigenvalue weighted by atomic mass is 16.5. The third-order valence-corrected chi connectivity index (χ3v) is 5.03. The Morgan fingerprint density at radius 3 is 2.53 bits per heavy atom. The summed E-state index contributed by atoms with van der Waals surface area (Å²) in [6.07, 6.45) is 5.04. The summed E-state index contributed by atoms with van der Waals surface area (Å²) >= 11 is 0. The van der Waals surface area contributed by atoms with Crippen molar-refractivity contribution in [3.63, 3.8) is 0 Å². The lowest BCUT2D eigenvalue weighted by Crippen LogP contribution is -2.43. The molecule has 19 heavy (non-hydrogen) atoms. The van der Waals surface area contributed by atoms with Gasteiger partial charge >= 0.3 is 5.97 Å². The van der Waals surface area contributed by atoms with Crippen molar-refractivity contribution >= 4 is 11.9 Å². The predicted molar refractivity (Wildman–Crippen MR) is 67.4 cm³/mol. The second-order valence-electron chi connectivity index (χ2n) is 6.10. The van der Waals surface area contributed by atoms with E-state index in [-0.39, 0.29) is 29.8 Å². The standard InChI is InChI=1S/C14H21NO4/c16-13(15-7-10-2-1-5-19-10)11-8-3-4-9(6-8)12(11)14(17)18/h8-12H,1-7H2,(H,15,16)(H,17,18)/t8-,9-,10-,11+,12+/m0/s1. The second-order valence-corrected chi connectivity index (χ2v) is 6.10. The van der Waals surface area contributed by atoms with E-state index in [2.05, 4.69) is 5.32 Å². The van der Waals surface area contributed by atoms with Crippen LogP contribution < -0.4 is 5.32 Å². The van der Waals surface area contributed by atoms with Crippen LogP contribution in [0, 0.1) is 23.7 Å². The number of carbonyl (C=O) groups is 2. The molecule has 3 aliphatic rings. The van der Waals surface area contributed by atoms with E-state index in [0.29, 0.717) is 6.54 Å². The van der Waals surface area contributed by atoms with Crippen molar-refractivity contribution in [3.05, 3.63) is 0 Å². The van der Waals surface area contributed by atoms with E-state index in [4.69, 9.17) is 4.74 Å². The molecule has 0 aromatic carbocycles. The maximum Gasteiger partial charge on any atom is 0.307 e. The molecule has 0 spiro atoms. The van der Waals surface area contributed by atoms with Crippen molar-refractivity contribution in [2.45, 2.75) is 38.2 Å². The van der Waals surface area contributed by atoms with Gasteiger partial charge in [-0.15, -0.1) is 0 Å². The van der Waals surface area contributed by atoms with Gasteiger partial charge in [0.2, 0.25) is 5.91 Å². The lowest BCUT2D eigenvalue weighted by Gasteiger charge is -2.27. The molecule has 2 bridgehead atoms. The number of hydrogen-bond donors (Lipinski definition) is 2. The van der Waals surface area contributed by atoms with Gasteiger partial charge in [-0.05, 0) is 43.9 Å². The van der Waals surface area contributed by atoms with Crippen LogP contribution in [-0.4, -0.2) is 36.2 Å². The highest BCUT2D eigenvalue weighted by Crippen LogP contribution is 2.52. The maximum atomic E-state index is 12.3. The van der Waals surface area contributed by atoms with Gasteiger partial charge in [0, 0.05) is 13.2 Å². The average Bonchev–Trinajstić information content (AvgIpc) is 3.10. The van der Waals surface area contributed by atoms with E-state index in [1.165, 1.54) is 0 Å². The van der Waals surface area contributed by atoms with Gasteiger partial charge in [-0.3, -0.25) is 9.59 Å². The van der Waals surface area contributed by atoms with Crippen molar-refractivity contribution in [2.24, 2.45) is 23.7 Å². The minimum atomic E-state index is -0.801.